The van der Waals surface area contributed by atoms with Crippen molar-refractivity contribution in [1.29, 1.82) is 0 Å². The van der Waals surface area contributed by atoms with Gasteiger partial charge in [-0.05, 0) is 42.4 Å². The average molecular weight is 346 g/mol. The number of rotatable bonds is 5. The van der Waals surface area contributed by atoms with E-state index in [1.807, 2.05) is 34.9 Å². The van der Waals surface area contributed by atoms with Gasteiger partial charge >= 0.3 is 0 Å². The number of aromatic amines is 1. The molecule has 0 saturated carbocycles. The van der Waals surface area contributed by atoms with E-state index in [2.05, 4.69) is 22.3 Å². The summed E-state index contributed by atoms with van der Waals surface area (Å²) in [6, 6.07) is 15.7. The number of methoxy groups -OCH3 is 1. The van der Waals surface area contributed by atoms with E-state index in [4.69, 9.17) is 28.6 Å². The SMILES string of the molecule is COc1ccc(Cl)cc1-n1c(CCc2ccccc2)n[nH]c1=S. The molecule has 0 fully saturated rings. The number of hydrogen-bond acceptors (Lipinski definition) is 3. The Bertz CT molecular complexity index is 858. The first-order chi connectivity index (χ1) is 11.2. The molecule has 2 aromatic carbocycles. The number of benzene rings is 2. The maximum absolute atomic E-state index is 6.13. The molecule has 6 heteroatoms. The summed E-state index contributed by atoms with van der Waals surface area (Å²) in [7, 11) is 1.63. The fourth-order valence-electron chi connectivity index (χ4n) is 2.48. The Morgan fingerprint density at radius 2 is 1.96 bits per heavy atom. The molecule has 1 aromatic heterocycles. The van der Waals surface area contributed by atoms with Crippen molar-refractivity contribution in [1.82, 2.24) is 14.8 Å². The zero-order valence-corrected chi connectivity index (χ0v) is 14.2. The van der Waals surface area contributed by atoms with E-state index in [0.717, 1.165) is 24.4 Å². The summed E-state index contributed by atoms with van der Waals surface area (Å²) in [4.78, 5) is 0. The van der Waals surface area contributed by atoms with Gasteiger partial charge < -0.3 is 4.74 Å². The van der Waals surface area contributed by atoms with E-state index in [1.165, 1.54) is 5.56 Å². The lowest BCUT2D eigenvalue weighted by molar-refractivity contribution is 0.412. The van der Waals surface area contributed by atoms with E-state index in [9.17, 15) is 0 Å². The van der Waals surface area contributed by atoms with Crippen LogP contribution in [0.15, 0.2) is 48.5 Å². The van der Waals surface area contributed by atoms with Crippen LogP contribution in [-0.2, 0) is 12.8 Å². The van der Waals surface area contributed by atoms with Crippen LogP contribution >= 0.6 is 23.8 Å². The lowest BCUT2D eigenvalue weighted by atomic mass is 10.1. The van der Waals surface area contributed by atoms with Crippen LogP contribution in [0.25, 0.3) is 5.69 Å². The first-order valence-corrected chi connectivity index (χ1v) is 8.02. The molecule has 0 saturated heterocycles. The minimum Gasteiger partial charge on any atom is -0.495 e. The number of nitrogens with zero attached hydrogens (tertiary/aromatic N) is 2. The van der Waals surface area contributed by atoms with Crippen LogP contribution in [0.3, 0.4) is 0 Å². The van der Waals surface area contributed by atoms with Crippen LogP contribution in [0.2, 0.25) is 5.02 Å². The van der Waals surface area contributed by atoms with Crippen LogP contribution in [0.4, 0.5) is 0 Å². The molecule has 0 unspecified atom stereocenters. The van der Waals surface area contributed by atoms with Gasteiger partial charge in [-0.3, -0.25) is 9.67 Å². The summed E-state index contributed by atoms with van der Waals surface area (Å²) in [6.45, 7) is 0. The Kier molecular flexibility index (Phi) is 4.79. The molecule has 0 radical (unpaired) electrons. The number of hydrogen-bond donors (Lipinski definition) is 1. The van der Waals surface area contributed by atoms with Crippen LogP contribution in [0.1, 0.15) is 11.4 Å². The molecular formula is C17H16ClN3OS. The third-order valence-corrected chi connectivity index (χ3v) is 4.11. The normalized spacial score (nSPS) is 10.7. The second-order valence-corrected chi connectivity index (χ2v) is 5.91. The van der Waals surface area contributed by atoms with Gasteiger partial charge in [-0.15, -0.1) is 0 Å². The standard InChI is InChI=1S/C17H16ClN3OS/c1-22-15-9-8-13(18)11-14(15)21-16(19-20-17(21)23)10-7-12-5-3-2-4-6-12/h2-6,8-9,11H,7,10H2,1H3,(H,20,23). The van der Waals surface area contributed by atoms with Crippen molar-refractivity contribution in [2.24, 2.45) is 0 Å². The topological polar surface area (TPSA) is 42.8 Å². The Morgan fingerprint density at radius 3 is 2.70 bits per heavy atom. The summed E-state index contributed by atoms with van der Waals surface area (Å²) in [5.41, 5.74) is 2.05. The summed E-state index contributed by atoms with van der Waals surface area (Å²) >= 11 is 11.5. The van der Waals surface area contributed by atoms with Crippen molar-refractivity contribution >= 4 is 23.8 Å². The highest BCUT2D eigenvalue weighted by Gasteiger charge is 2.13. The van der Waals surface area contributed by atoms with Crippen molar-refractivity contribution in [3.8, 4) is 11.4 Å². The Morgan fingerprint density at radius 1 is 1.17 bits per heavy atom. The minimum absolute atomic E-state index is 0.522. The van der Waals surface area contributed by atoms with E-state index in [1.54, 1.807) is 13.2 Å². The molecule has 118 valence electrons. The van der Waals surface area contributed by atoms with Crippen LogP contribution in [0.5, 0.6) is 5.75 Å². The molecule has 0 aliphatic rings. The highest BCUT2D eigenvalue weighted by molar-refractivity contribution is 7.71. The Hall–Kier alpha value is -2.11. The average Bonchev–Trinajstić information content (AvgIpc) is 2.94. The fourth-order valence-corrected chi connectivity index (χ4v) is 2.90. The number of nitrogens with one attached hydrogen (secondary N) is 1. The summed E-state index contributed by atoms with van der Waals surface area (Å²) in [5, 5.41) is 7.84. The molecule has 3 rings (SSSR count). The van der Waals surface area contributed by atoms with E-state index in [-0.39, 0.29) is 0 Å². The zero-order chi connectivity index (χ0) is 16.2. The molecule has 3 aromatic rings. The van der Waals surface area contributed by atoms with Gasteiger partial charge in [0, 0.05) is 11.4 Å². The van der Waals surface area contributed by atoms with Crippen molar-refractivity contribution in [2.45, 2.75) is 12.8 Å². The quantitative estimate of drug-likeness (QED) is 0.698. The lowest BCUT2D eigenvalue weighted by Gasteiger charge is -2.12. The van der Waals surface area contributed by atoms with Gasteiger partial charge in [-0.2, -0.15) is 5.10 Å². The number of ether oxygens (including phenoxy) is 1. The molecule has 0 amide bonds. The van der Waals surface area contributed by atoms with Gasteiger partial charge in [0.15, 0.2) is 4.77 Å². The molecule has 0 atom stereocenters. The number of aromatic nitrogens is 3. The second-order valence-electron chi connectivity index (χ2n) is 5.08. The number of aryl methyl sites for hydroxylation is 2. The lowest BCUT2D eigenvalue weighted by Crippen LogP contribution is -2.05. The van der Waals surface area contributed by atoms with Crippen molar-refractivity contribution in [3.63, 3.8) is 0 Å². The van der Waals surface area contributed by atoms with Crippen molar-refractivity contribution < 1.29 is 4.74 Å². The maximum atomic E-state index is 6.13. The van der Waals surface area contributed by atoms with E-state index >= 15 is 0 Å². The van der Waals surface area contributed by atoms with Crippen molar-refractivity contribution in [3.05, 3.63) is 69.7 Å². The molecule has 0 spiro atoms. The molecule has 1 heterocycles. The zero-order valence-electron chi connectivity index (χ0n) is 12.6. The summed E-state index contributed by atoms with van der Waals surface area (Å²) < 4.78 is 7.83. The molecule has 0 aliphatic heterocycles. The summed E-state index contributed by atoms with van der Waals surface area (Å²) in [5.74, 6) is 1.55. The third kappa shape index (κ3) is 3.46. The summed E-state index contributed by atoms with van der Waals surface area (Å²) in [6.07, 6.45) is 1.64. The second kappa shape index (κ2) is 6.98. The van der Waals surface area contributed by atoms with Crippen LogP contribution < -0.4 is 4.74 Å². The third-order valence-electron chi connectivity index (χ3n) is 3.60. The predicted molar refractivity (Wildman–Crippen MR) is 94.2 cm³/mol. The first kappa shape index (κ1) is 15.8. The largest absolute Gasteiger partial charge is 0.495 e. The molecule has 23 heavy (non-hydrogen) atoms. The minimum atomic E-state index is 0.522. The molecule has 1 N–H and O–H groups in total. The first-order valence-electron chi connectivity index (χ1n) is 7.23. The number of halogens is 1. The Balaban J connectivity index is 1.96. The van der Waals surface area contributed by atoms with Gasteiger partial charge in [0.1, 0.15) is 11.6 Å². The molecular weight excluding hydrogens is 330 g/mol. The fraction of sp³-hybridized carbons (Fsp3) is 0.176. The molecule has 0 bridgehead atoms. The van der Waals surface area contributed by atoms with Crippen LogP contribution in [-0.4, -0.2) is 21.9 Å². The van der Waals surface area contributed by atoms with Gasteiger partial charge in [0.25, 0.3) is 0 Å². The van der Waals surface area contributed by atoms with Crippen molar-refractivity contribution in [2.75, 3.05) is 7.11 Å². The highest BCUT2D eigenvalue weighted by atomic mass is 35.5. The Labute approximate surface area is 144 Å². The maximum Gasteiger partial charge on any atom is 0.199 e. The van der Waals surface area contributed by atoms with E-state index < -0.39 is 0 Å². The van der Waals surface area contributed by atoms with Gasteiger partial charge in [-0.25, -0.2) is 0 Å². The number of H-pyrrole nitrogens is 1. The van der Waals surface area contributed by atoms with Crippen LogP contribution in [0, 0.1) is 4.77 Å². The van der Waals surface area contributed by atoms with Gasteiger partial charge in [-0.1, -0.05) is 41.9 Å². The predicted octanol–water partition coefficient (Wildman–Crippen LogP) is 4.38. The van der Waals surface area contributed by atoms with E-state index in [0.29, 0.717) is 15.5 Å². The van der Waals surface area contributed by atoms with Gasteiger partial charge in [0.05, 0.1) is 12.8 Å². The van der Waals surface area contributed by atoms with Gasteiger partial charge in [0.2, 0.25) is 0 Å². The smallest absolute Gasteiger partial charge is 0.199 e. The molecule has 0 aliphatic carbocycles. The molecule has 4 nitrogen and oxygen atoms in total. The highest BCUT2D eigenvalue weighted by Crippen LogP contribution is 2.27. The monoisotopic (exact) mass is 345 g/mol.